The molecule has 0 bridgehead atoms. The van der Waals surface area contributed by atoms with Crippen LogP contribution in [-0.4, -0.2) is 29.5 Å². The molecule has 4 nitrogen and oxygen atoms in total. The second-order valence-electron chi connectivity index (χ2n) is 4.34. The molecular formula is C12H17BrFN3O. The molecule has 0 saturated carbocycles. The first-order valence-corrected chi connectivity index (χ1v) is 6.33. The van der Waals surface area contributed by atoms with Crippen molar-refractivity contribution >= 4 is 21.8 Å². The molecule has 0 aromatic heterocycles. The van der Waals surface area contributed by atoms with Gasteiger partial charge < -0.3 is 15.8 Å². The predicted molar refractivity (Wildman–Crippen MR) is 73.0 cm³/mol. The van der Waals surface area contributed by atoms with Crippen molar-refractivity contribution < 1.29 is 9.60 Å². The summed E-state index contributed by atoms with van der Waals surface area (Å²) in [5, 5.41) is 11.6. The average molecular weight is 318 g/mol. The van der Waals surface area contributed by atoms with Gasteiger partial charge in [0.1, 0.15) is 11.7 Å². The van der Waals surface area contributed by atoms with Crippen molar-refractivity contribution in [2.45, 2.75) is 13.5 Å². The maximum atomic E-state index is 13.3. The summed E-state index contributed by atoms with van der Waals surface area (Å²) in [7, 11) is 1.90. The van der Waals surface area contributed by atoms with Crippen LogP contribution in [0.1, 0.15) is 12.5 Å². The number of nitrogens with two attached hydrogens (primary N) is 1. The number of oxime groups is 1. The molecule has 1 unspecified atom stereocenters. The standard InChI is InChI=1S/C12H17BrFN3O/c1-8(12(15)16-18)6-17(2)7-9-4-3-5-10(14)11(9)13/h3-5,8,18H,6-7H2,1-2H3,(H2,15,16). The third-order valence-electron chi connectivity index (χ3n) is 2.68. The second kappa shape index (κ2) is 6.70. The highest BCUT2D eigenvalue weighted by Gasteiger charge is 2.13. The highest BCUT2D eigenvalue weighted by Crippen LogP contribution is 2.21. The van der Waals surface area contributed by atoms with Crippen molar-refractivity contribution in [3.05, 3.63) is 34.1 Å². The smallest absolute Gasteiger partial charge is 0.143 e. The fourth-order valence-corrected chi connectivity index (χ4v) is 2.08. The Bertz CT molecular complexity index is 439. The molecule has 0 aliphatic carbocycles. The molecule has 1 aromatic rings. The Balaban J connectivity index is 2.65. The molecule has 0 spiro atoms. The molecule has 3 N–H and O–H groups in total. The van der Waals surface area contributed by atoms with E-state index in [0.29, 0.717) is 17.6 Å². The lowest BCUT2D eigenvalue weighted by atomic mass is 10.1. The van der Waals surface area contributed by atoms with Crippen molar-refractivity contribution in [1.29, 1.82) is 0 Å². The van der Waals surface area contributed by atoms with Crippen LogP contribution in [0, 0.1) is 11.7 Å². The third kappa shape index (κ3) is 3.96. The monoisotopic (exact) mass is 317 g/mol. The largest absolute Gasteiger partial charge is 0.409 e. The molecule has 1 aromatic carbocycles. The number of rotatable bonds is 5. The van der Waals surface area contributed by atoms with E-state index in [1.807, 2.05) is 24.9 Å². The molecule has 0 aliphatic heterocycles. The van der Waals surface area contributed by atoms with Crippen LogP contribution in [0.25, 0.3) is 0 Å². The van der Waals surface area contributed by atoms with Crippen LogP contribution in [0.15, 0.2) is 27.8 Å². The van der Waals surface area contributed by atoms with Gasteiger partial charge in [-0.3, -0.25) is 0 Å². The number of amidine groups is 1. The van der Waals surface area contributed by atoms with Gasteiger partial charge in [0.25, 0.3) is 0 Å². The topological polar surface area (TPSA) is 61.8 Å². The van der Waals surface area contributed by atoms with E-state index in [1.165, 1.54) is 6.07 Å². The van der Waals surface area contributed by atoms with Gasteiger partial charge in [0.05, 0.1) is 4.47 Å². The van der Waals surface area contributed by atoms with Gasteiger partial charge in [-0.15, -0.1) is 0 Å². The van der Waals surface area contributed by atoms with Crippen LogP contribution in [0.3, 0.4) is 0 Å². The first kappa shape index (κ1) is 14.9. The number of halogens is 2. The lowest BCUT2D eigenvalue weighted by molar-refractivity contribution is 0.290. The van der Waals surface area contributed by atoms with E-state index in [1.54, 1.807) is 6.07 Å². The van der Waals surface area contributed by atoms with Gasteiger partial charge in [-0.25, -0.2) is 4.39 Å². The van der Waals surface area contributed by atoms with Crippen LogP contribution in [0.2, 0.25) is 0 Å². The summed E-state index contributed by atoms with van der Waals surface area (Å²) in [5.74, 6) is -0.141. The predicted octanol–water partition coefficient (Wildman–Crippen LogP) is 2.40. The molecule has 0 heterocycles. The van der Waals surface area contributed by atoms with Gasteiger partial charge in [0.2, 0.25) is 0 Å². The van der Waals surface area contributed by atoms with E-state index in [0.717, 1.165) is 5.56 Å². The molecule has 0 aliphatic rings. The van der Waals surface area contributed by atoms with Crippen molar-refractivity contribution in [3.63, 3.8) is 0 Å². The van der Waals surface area contributed by atoms with E-state index >= 15 is 0 Å². The average Bonchev–Trinajstić information content (AvgIpc) is 2.33. The Kier molecular flexibility index (Phi) is 5.55. The maximum Gasteiger partial charge on any atom is 0.143 e. The Labute approximate surface area is 114 Å². The fourth-order valence-electron chi connectivity index (χ4n) is 1.69. The molecule has 0 saturated heterocycles. The summed E-state index contributed by atoms with van der Waals surface area (Å²) in [6.07, 6.45) is 0. The normalized spacial score (nSPS) is 13.9. The molecule has 0 fully saturated rings. The minimum atomic E-state index is -0.273. The zero-order chi connectivity index (χ0) is 13.7. The van der Waals surface area contributed by atoms with Crippen LogP contribution < -0.4 is 5.73 Å². The Morgan fingerprint density at radius 1 is 1.61 bits per heavy atom. The van der Waals surface area contributed by atoms with E-state index < -0.39 is 0 Å². The number of hydrogen-bond acceptors (Lipinski definition) is 3. The second-order valence-corrected chi connectivity index (χ2v) is 5.13. The number of benzene rings is 1. The van der Waals surface area contributed by atoms with E-state index in [4.69, 9.17) is 10.9 Å². The summed E-state index contributed by atoms with van der Waals surface area (Å²) >= 11 is 3.23. The quantitative estimate of drug-likeness (QED) is 0.379. The summed E-state index contributed by atoms with van der Waals surface area (Å²) in [6, 6.07) is 4.95. The Morgan fingerprint density at radius 2 is 2.28 bits per heavy atom. The van der Waals surface area contributed by atoms with E-state index in [9.17, 15) is 4.39 Å². The molecule has 18 heavy (non-hydrogen) atoms. The Hall–Kier alpha value is -1.14. The van der Waals surface area contributed by atoms with E-state index in [-0.39, 0.29) is 17.6 Å². The molecule has 1 atom stereocenters. The van der Waals surface area contributed by atoms with E-state index in [2.05, 4.69) is 21.1 Å². The zero-order valence-electron chi connectivity index (χ0n) is 10.4. The molecule has 1 rings (SSSR count). The van der Waals surface area contributed by atoms with Gasteiger partial charge >= 0.3 is 0 Å². The zero-order valence-corrected chi connectivity index (χ0v) is 12.0. The SMILES string of the molecule is CC(CN(C)Cc1cccc(F)c1Br)/C(N)=N/O. The molecule has 6 heteroatoms. The first-order chi connectivity index (χ1) is 8.45. The maximum absolute atomic E-state index is 13.3. The minimum Gasteiger partial charge on any atom is -0.409 e. The molecular weight excluding hydrogens is 301 g/mol. The summed E-state index contributed by atoms with van der Waals surface area (Å²) < 4.78 is 13.8. The highest BCUT2D eigenvalue weighted by atomic mass is 79.9. The van der Waals surface area contributed by atoms with Gasteiger partial charge in [0, 0.05) is 19.0 Å². The van der Waals surface area contributed by atoms with Crippen molar-refractivity contribution in [2.75, 3.05) is 13.6 Å². The highest BCUT2D eigenvalue weighted by molar-refractivity contribution is 9.10. The summed E-state index contributed by atoms with van der Waals surface area (Å²) in [6.45, 7) is 3.08. The summed E-state index contributed by atoms with van der Waals surface area (Å²) in [4.78, 5) is 1.99. The van der Waals surface area contributed by atoms with Crippen LogP contribution >= 0.6 is 15.9 Å². The first-order valence-electron chi connectivity index (χ1n) is 5.54. The van der Waals surface area contributed by atoms with Crippen LogP contribution in [0.4, 0.5) is 4.39 Å². The lowest BCUT2D eigenvalue weighted by Gasteiger charge is -2.21. The van der Waals surface area contributed by atoms with Crippen molar-refractivity contribution in [3.8, 4) is 0 Å². The third-order valence-corrected chi connectivity index (χ3v) is 3.57. The van der Waals surface area contributed by atoms with Gasteiger partial charge in [-0.1, -0.05) is 24.2 Å². The van der Waals surface area contributed by atoms with Crippen molar-refractivity contribution in [2.24, 2.45) is 16.8 Å². The number of nitrogens with zero attached hydrogens (tertiary/aromatic N) is 2. The molecule has 0 radical (unpaired) electrons. The minimum absolute atomic E-state index is 0.0627. The van der Waals surface area contributed by atoms with Crippen molar-refractivity contribution in [1.82, 2.24) is 4.90 Å². The van der Waals surface area contributed by atoms with Gasteiger partial charge in [-0.05, 0) is 34.6 Å². The van der Waals surface area contributed by atoms with Gasteiger partial charge in [0.15, 0.2) is 0 Å². The Morgan fingerprint density at radius 3 is 2.89 bits per heavy atom. The van der Waals surface area contributed by atoms with Crippen LogP contribution in [0.5, 0.6) is 0 Å². The number of hydrogen-bond donors (Lipinski definition) is 2. The summed E-state index contributed by atoms with van der Waals surface area (Å²) in [5.41, 5.74) is 6.38. The molecule has 100 valence electrons. The van der Waals surface area contributed by atoms with Gasteiger partial charge in [-0.2, -0.15) is 0 Å². The molecule has 0 amide bonds. The fraction of sp³-hybridized carbons (Fsp3) is 0.417. The lowest BCUT2D eigenvalue weighted by Crippen LogP contribution is -2.32. The van der Waals surface area contributed by atoms with Crippen LogP contribution in [-0.2, 0) is 6.54 Å².